The Kier molecular flexibility index (Phi) is 4.32. The first-order valence-corrected chi connectivity index (χ1v) is 7.23. The van der Waals surface area contributed by atoms with E-state index >= 15 is 0 Å². The smallest absolute Gasteiger partial charge is 0.336 e. The van der Waals surface area contributed by atoms with Crippen molar-refractivity contribution in [2.45, 2.75) is 27.2 Å². The van der Waals surface area contributed by atoms with Gasteiger partial charge in [0.05, 0.1) is 11.0 Å². The SMILES string of the molecule is Cc1ccc(NC(=O)C2(C(C)C)CCNC2)cc1C(=O)O. The van der Waals surface area contributed by atoms with E-state index in [1.54, 1.807) is 19.1 Å². The van der Waals surface area contributed by atoms with Crippen molar-refractivity contribution >= 4 is 17.6 Å². The van der Waals surface area contributed by atoms with E-state index in [0.717, 1.165) is 13.0 Å². The molecule has 1 aromatic rings. The highest BCUT2D eigenvalue weighted by Crippen LogP contribution is 2.35. The molecule has 0 spiro atoms. The lowest BCUT2D eigenvalue weighted by atomic mass is 9.75. The highest BCUT2D eigenvalue weighted by molar-refractivity contribution is 5.98. The van der Waals surface area contributed by atoms with E-state index in [2.05, 4.69) is 10.6 Å². The van der Waals surface area contributed by atoms with Crippen molar-refractivity contribution in [2.75, 3.05) is 18.4 Å². The van der Waals surface area contributed by atoms with Gasteiger partial charge in [-0.3, -0.25) is 4.79 Å². The highest BCUT2D eigenvalue weighted by Gasteiger charge is 2.43. The van der Waals surface area contributed by atoms with Crippen molar-refractivity contribution in [1.29, 1.82) is 0 Å². The number of hydrogen-bond donors (Lipinski definition) is 3. The Morgan fingerprint density at radius 2 is 2.10 bits per heavy atom. The Morgan fingerprint density at radius 1 is 1.38 bits per heavy atom. The van der Waals surface area contributed by atoms with E-state index in [-0.39, 0.29) is 17.4 Å². The zero-order valence-corrected chi connectivity index (χ0v) is 12.7. The lowest BCUT2D eigenvalue weighted by molar-refractivity contribution is -0.126. The predicted molar refractivity (Wildman–Crippen MR) is 81.5 cm³/mol. The Morgan fingerprint density at radius 3 is 2.62 bits per heavy atom. The summed E-state index contributed by atoms with van der Waals surface area (Å²) >= 11 is 0. The maximum Gasteiger partial charge on any atom is 0.336 e. The van der Waals surface area contributed by atoms with Crippen molar-refractivity contribution in [3.05, 3.63) is 29.3 Å². The van der Waals surface area contributed by atoms with Gasteiger partial charge < -0.3 is 15.7 Å². The fraction of sp³-hybridized carbons (Fsp3) is 0.500. The molecule has 1 fully saturated rings. The van der Waals surface area contributed by atoms with Gasteiger partial charge in [0.25, 0.3) is 0 Å². The number of aromatic carboxylic acids is 1. The number of benzene rings is 1. The number of carbonyl (C=O) groups is 2. The Bertz CT molecular complexity index is 561. The molecule has 1 atom stereocenters. The first kappa shape index (κ1) is 15.5. The molecule has 0 aromatic heterocycles. The van der Waals surface area contributed by atoms with E-state index in [1.165, 1.54) is 6.07 Å². The molecule has 114 valence electrons. The molecule has 0 aliphatic carbocycles. The van der Waals surface area contributed by atoms with Crippen LogP contribution in [-0.4, -0.2) is 30.1 Å². The number of rotatable bonds is 4. The minimum atomic E-state index is -0.982. The van der Waals surface area contributed by atoms with Gasteiger partial charge in [-0.15, -0.1) is 0 Å². The molecular formula is C16H22N2O3. The van der Waals surface area contributed by atoms with E-state index in [1.807, 2.05) is 13.8 Å². The van der Waals surface area contributed by atoms with Crippen molar-refractivity contribution in [3.63, 3.8) is 0 Å². The van der Waals surface area contributed by atoms with Crippen LogP contribution in [0.25, 0.3) is 0 Å². The number of carboxylic acids is 1. The molecule has 3 N–H and O–H groups in total. The largest absolute Gasteiger partial charge is 0.478 e. The van der Waals surface area contributed by atoms with Crippen LogP contribution in [0.4, 0.5) is 5.69 Å². The van der Waals surface area contributed by atoms with Crippen LogP contribution in [0.2, 0.25) is 0 Å². The van der Waals surface area contributed by atoms with Crippen molar-refractivity contribution in [2.24, 2.45) is 11.3 Å². The second-order valence-corrected chi connectivity index (χ2v) is 6.03. The Hall–Kier alpha value is -1.88. The molecule has 1 aromatic carbocycles. The highest BCUT2D eigenvalue weighted by atomic mass is 16.4. The zero-order chi connectivity index (χ0) is 15.6. The molecule has 0 bridgehead atoms. The number of carbonyl (C=O) groups excluding carboxylic acids is 1. The second kappa shape index (κ2) is 5.85. The molecule has 5 heteroatoms. The normalized spacial score (nSPS) is 21.5. The molecule has 1 heterocycles. The molecule has 5 nitrogen and oxygen atoms in total. The van der Waals surface area contributed by atoms with E-state index in [4.69, 9.17) is 5.11 Å². The standard InChI is InChI=1S/C16H22N2O3/c1-10(2)16(6-7-17-9-16)15(21)18-12-5-4-11(3)13(8-12)14(19)20/h4-5,8,10,17H,6-7,9H2,1-3H3,(H,18,21)(H,19,20). The van der Waals surface area contributed by atoms with Gasteiger partial charge >= 0.3 is 5.97 Å². The van der Waals surface area contributed by atoms with Crippen LogP contribution in [0.1, 0.15) is 36.2 Å². The summed E-state index contributed by atoms with van der Waals surface area (Å²) in [7, 11) is 0. The number of hydrogen-bond acceptors (Lipinski definition) is 3. The summed E-state index contributed by atoms with van der Waals surface area (Å²) in [5.74, 6) is -0.802. The van der Waals surface area contributed by atoms with Gasteiger partial charge in [-0.2, -0.15) is 0 Å². The first-order valence-electron chi connectivity index (χ1n) is 7.23. The Balaban J connectivity index is 2.23. The quantitative estimate of drug-likeness (QED) is 0.795. The summed E-state index contributed by atoms with van der Waals surface area (Å²) in [5.41, 5.74) is 1.02. The van der Waals surface area contributed by atoms with E-state index in [9.17, 15) is 9.59 Å². The van der Waals surface area contributed by atoms with Crippen LogP contribution >= 0.6 is 0 Å². The average molecular weight is 290 g/mol. The third-order valence-electron chi connectivity index (χ3n) is 4.47. The molecule has 1 aliphatic rings. The van der Waals surface area contributed by atoms with Crippen molar-refractivity contribution in [3.8, 4) is 0 Å². The van der Waals surface area contributed by atoms with Crippen molar-refractivity contribution < 1.29 is 14.7 Å². The molecule has 1 aliphatic heterocycles. The number of carboxylic acid groups (broad SMARTS) is 1. The first-order chi connectivity index (χ1) is 9.86. The summed E-state index contributed by atoms with van der Waals surface area (Å²) in [6.07, 6.45) is 0.800. The van der Waals surface area contributed by atoms with Gasteiger partial charge in [0.1, 0.15) is 0 Å². The number of aryl methyl sites for hydroxylation is 1. The van der Waals surface area contributed by atoms with Gasteiger partial charge in [-0.05, 0) is 43.5 Å². The molecule has 21 heavy (non-hydrogen) atoms. The van der Waals surface area contributed by atoms with Crippen LogP contribution in [0.3, 0.4) is 0 Å². The lowest BCUT2D eigenvalue weighted by Crippen LogP contribution is -2.42. The zero-order valence-electron chi connectivity index (χ0n) is 12.7. The minimum absolute atomic E-state index is 0.0392. The maximum absolute atomic E-state index is 12.6. The van der Waals surface area contributed by atoms with Crippen LogP contribution < -0.4 is 10.6 Å². The molecule has 0 radical (unpaired) electrons. The number of nitrogens with one attached hydrogen (secondary N) is 2. The monoisotopic (exact) mass is 290 g/mol. The maximum atomic E-state index is 12.6. The topological polar surface area (TPSA) is 78.4 Å². The van der Waals surface area contributed by atoms with Crippen LogP contribution in [0.15, 0.2) is 18.2 Å². The molecule has 1 amide bonds. The fourth-order valence-electron chi connectivity index (χ4n) is 2.85. The van der Waals surface area contributed by atoms with Gasteiger partial charge in [0, 0.05) is 12.2 Å². The van der Waals surface area contributed by atoms with Gasteiger partial charge in [-0.25, -0.2) is 4.79 Å². The summed E-state index contributed by atoms with van der Waals surface area (Å²) in [5, 5.41) is 15.3. The van der Waals surface area contributed by atoms with E-state index in [0.29, 0.717) is 17.8 Å². The summed E-state index contributed by atoms with van der Waals surface area (Å²) < 4.78 is 0. The van der Waals surface area contributed by atoms with Crippen molar-refractivity contribution in [1.82, 2.24) is 5.32 Å². The van der Waals surface area contributed by atoms with Crippen LogP contribution in [0.5, 0.6) is 0 Å². The molecular weight excluding hydrogens is 268 g/mol. The molecule has 2 rings (SSSR count). The minimum Gasteiger partial charge on any atom is -0.478 e. The third-order valence-corrected chi connectivity index (χ3v) is 4.47. The van der Waals surface area contributed by atoms with Crippen LogP contribution in [0, 0.1) is 18.3 Å². The third kappa shape index (κ3) is 2.93. The van der Waals surface area contributed by atoms with Gasteiger partial charge in [0.2, 0.25) is 5.91 Å². The Labute approximate surface area is 124 Å². The molecule has 1 saturated heterocycles. The lowest BCUT2D eigenvalue weighted by Gasteiger charge is -2.31. The van der Waals surface area contributed by atoms with Gasteiger partial charge in [0.15, 0.2) is 0 Å². The fourth-order valence-corrected chi connectivity index (χ4v) is 2.85. The number of anilines is 1. The van der Waals surface area contributed by atoms with E-state index < -0.39 is 11.4 Å². The van der Waals surface area contributed by atoms with Crippen LogP contribution in [-0.2, 0) is 4.79 Å². The average Bonchev–Trinajstić information content (AvgIpc) is 2.91. The number of amides is 1. The second-order valence-electron chi connectivity index (χ2n) is 6.03. The van der Waals surface area contributed by atoms with Gasteiger partial charge in [-0.1, -0.05) is 19.9 Å². The summed E-state index contributed by atoms with van der Waals surface area (Å²) in [4.78, 5) is 23.8. The molecule has 0 saturated carbocycles. The predicted octanol–water partition coefficient (Wildman–Crippen LogP) is 2.27. The summed E-state index contributed by atoms with van der Waals surface area (Å²) in [6, 6.07) is 4.98. The summed E-state index contributed by atoms with van der Waals surface area (Å²) in [6.45, 7) is 7.33. The molecule has 1 unspecified atom stereocenters.